The molecule has 14 heavy (non-hydrogen) atoms. The normalized spacial score (nSPS) is 18.5. The van der Waals surface area contributed by atoms with Crippen molar-refractivity contribution in [2.45, 2.75) is 26.3 Å². The fraction of sp³-hybridized carbons (Fsp3) is 0.900. The van der Waals surface area contributed by atoms with E-state index in [2.05, 4.69) is 24.1 Å². The highest BCUT2D eigenvalue weighted by atomic mass is 16.4. The number of hydrogen-bond acceptors (Lipinski definition) is 3. The molecule has 0 radical (unpaired) electrons. The molecule has 4 heteroatoms. The lowest BCUT2D eigenvalue weighted by molar-refractivity contribution is -0.136. The van der Waals surface area contributed by atoms with Crippen LogP contribution in [0, 0.1) is 5.92 Å². The van der Waals surface area contributed by atoms with Crippen molar-refractivity contribution in [2.75, 3.05) is 26.2 Å². The van der Waals surface area contributed by atoms with E-state index in [0.717, 1.165) is 19.6 Å². The first-order chi connectivity index (χ1) is 6.59. The van der Waals surface area contributed by atoms with Crippen molar-refractivity contribution < 1.29 is 9.90 Å². The Balaban J connectivity index is 1.93. The van der Waals surface area contributed by atoms with Gasteiger partial charge in [0.2, 0.25) is 0 Å². The van der Waals surface area contributed by atoms with Crippen LogP contribution in [-0.4, -0.2) is 48.2 Å². The number of likely N-dealkylation sites (tertiary alicyclic amines) is 1. The summed E-state index contributed by atoms with van der Waals surface area (Å²) in [6, 6.07) is 0.644. The SMILES string of the molecule is CC(C)N1CC(CNCCC(=O)O)C1. The van der Waals surface area contributed by atoms with E-state index in [1.165, 1.54) is 0 Å². The maximum atomic E-state index is 10.2. The molecule has 0 aromatic carbocycles. The minimum absolute atomic E-state index is 0.223. The van der Waals surface area contributed by atoms with Crippen molar-refractivity contribution in [3.05, 3.63) is 0 Å². The van der Waals surface area contributed by atoms with E-state index in [0.29, 0.717) is 18.5 Å². The number of nitrogens with zero attached hydrogens (tertiary/aromatic N) is 1. The standard InChI is InChI=1S/C10H20N2O2/c1-8(2)12-6-9(7-12)5-11-4-3-10(13)14/h8-9,11H,3-7H2,1-2H3,(H,13,14). The number of carboxylic acids is 1. The number of aliphatic carboxylic acids is 1. The summed E-state index contributed by atoms with van der Waals surface area (Å²) in [6.07, 6.45) is 0.223. The van der Waals surface area contributed by atoms with Gasteiger partial charge in [-0.15, -0.1) is 0 Å². The van der Waals surface area contributed by atoms with Gasteiger partial charge in [0.1, 0.15) is 0 Å². The van der Waals surface area contributed by atoms with Gasteiger partial charge in [0.05, 0.1) is 6.42 Å². The number of nitrogens with one attached hydrogen (secondary N) is 1. The third kappa shape index (κ3) is 3.64. The van der Waals surface area contributed by atoms with Crippen LogP contribution in [0.25, 0.3) is 0 Å². The lowest BCUT2D eigenvalue weighted by Crippen LogP contribution is -2.53. The predicted octanol–water partition coefficient (Wildman–Crippen LogP) is 0.391. The van der Waals surface area contributed by atoms with Crippen LogP contribution in [0.5, 0.6) is 0 Å². The summed E-state index contributed by atoms with van der Waals surface area (Å²) in [6.45, 7) is 8.25. The maximum absolute atomic E-state index is 10.2. The highest BCUT2D eigenvalue weighted by molar-refractivity contribution is 5.66. The molecule has 0 spiro atoms. The summed E-state index contributed by atoms with van der Waals surface area (Å²) in [7, 11) is 0. The molecule has 1 fully saturated rings. The molecule has 1 heterocycles. The average molecular weight is 200 g/mol. The molecular weight excluding hydrogens is 180 g/mol. The Hall–Kier alpha value is -0.610. The molecule has 0 amide bonds. The van der Waals surface area contributed by atoms with Crippen molar-refractivity contribution >= 4 is 5.97 Å². The molecular formula is C10H20N2O2. The van der Waals surface area contributed by atoms with Gasteiger partial charge in [-0.25, -0.2) is 0 Å². The molecule has 0 aliphatic carbocycles. The van der Waals surface area contributed by atoms with Gasteiger partial charge in [-0.2, -0.15) is 0 Å². The lowest BCUT2D eigenvalue weighted by Gasteiger charge is -2.42. The average Bonchev–Trinajstić information content (AvgIpc) is 1.98. The minimum atomic E-state index is -0.727. The number of rotatable bonds is 6. The second kappa shape index (κ2) is 5.32. The van der Waals surface area contributed by atoms with Gasteiger partial charge in [0.25, 0.3) is 0 Å². The molecule has 0 aromatic rings. The van der Waals surface area contributed by atoms with E-state index in [9.17, 15) is 4.79 Å². The van der Waals surface area contributed by atoms with Crippen molar-refractivity contribution in [1.82, 2.24) is 10.2 Å². The van der Waals surface area contributed by atoms with E-state index in [-0.39, 0.29) is 6.42 Å². The number of carboxylic acid groups (broad SMARTS) is 1. The molecule has 1 rings (SSSR count). The predicted molar refractivity (Wildman–Crippen MR) is 55.3 cm³/mol. The van der Waals surface area contributed by atoms with Gasteiger partial charge in [0, 0.05) is 32.2 Å². The Labute approximate surface area is 85.3 Å². The van der Waals surface area contributed by atoms with Crippen LogP contribution < -0.4 is 5.32 Å². The second-order valence-corrected chi connectivity index (χ2v) is 4.26. The summed E-state index contributed by atoms with van der Waals surface area (Å²) >= 11 is 0. The molecule has 0 atom stereocenters. The fourth-order valence-electron chi connectivity index (χ4n) is 1.66. The van der Waals surface area contributed by atoms with Gasteiger partial charge in [-0.1, -0.05) is 0 Å². The molecule has 2 N–H and O–H groups in total. The Bertz CT molecular complexity index is 189. The zero-order valence-electron chi connectivity index (χ0n) is 8.99. The zero-order valence-corrected chi connectivity index (χ0v) is 8.99. The van der Waals surface area contributed by atoms with Crippen LogP contribution in [0.1, 0.15) is 20.3 Å². The monoisotopic (exact) mass is 200 g/mol. The first-order valence-electron chi connectivity index (χ1n) is 5.26. The Kier molecular flexibility index (Phi) is 4.35. The molecule has 0 aromatic heterocycles. The Morgan fingerprint density at radius 1 is 1.57 bits per heavy atom. The van der Waals surface area contributed by atoms with E-state index in [1.807, 2.05) is 0 Å². The first-order valence-corrected chi connectivity index (χ1v) is 5.26. The minimum Gasteiger partial charge on any atom is -0.481 e. The second-order valence-electron chi connectivity index (χ2n) is 4.26. The van der Waals surface area contributed by atoms with Crippen molar-refractivity contribution in [1.29, 1.82) is 0 Å². The van der Waals surface area contributed by atoms with E-state index in [1.54, 1.807) is 0 Å². The van der Waals surface area contributed by atoms with Gasteiger partial charge >= 0.3 is 5.97 Å². The third-order valence-corrected chi connectivity index (χ3v) is 2.66. The van der Waals surface area contributed by atoms with Crippen molar-refractivity contribution in [3.63, 3.8) is 0 Å². The molecule has 0 saturated carbocycles. The summed E-state index contributed by atoms with van der Waals surface area (Å²) in [5.41, 5.74) is 0. The summed E-state index contributed by atoms with van der Waals surface area (Å²) in [5, 5.41) is 11.6. The first kappa shape index (κ1) is 11.5. The Morgan fingerprint density at radius 3 is 2.71 bits per heavy atom. The van der Waals surface area contributed by atoms with Crippen LogP contribution in [0.15, 0.2) is 0 Å². The van der Waals surface area contributed by atoms with Crippen LogP contribution in [0.2, 0.25) is 0 Å². The summed E-state index contributed by atoms with van der Waals surface area (Å²) in [5.74, 6) is -0.0129. The molecule has 1 aliphatic rings. The smallest absolute Gasteiger partial charge is 0.304 e. The maximum Gasteiger partial charge on any atom is 0.304 e. The molecule has 1 aliphatic heterocycles. The van der Waals surface area contributed by atoms with Crippen LogP contribution in [-0.2, 0) is 4.79 Å². The van der Waals surface area contributed by atoms with Gasteiger partial charge < -0.3 is 15.3 Å². The van der Waals surface area contributed by atoms with E-state index < -0.39 is 5.97 Å². The Morgan fingerprint density at radius 2 is 2.21 bits per heavy atom. The number of carbonyl (C=O) groups is 1. The fourth-order valence-corrected chi connectivity index (χ4v) is 1.66. The zero-order chi connectivity index (χ0) is 10.6. The molecule has 0 bridgehead atoms. The van der Waals surface area contributed by atoms with Crippen molar-refractivity contribution in [3.8, 4) is 0 Å². The van der Waals surface area contributed by atoms with Crippen LogP contribution in [0.3, 0.4) is 0 Å². The lowest BCUT2D eigenvalue weighted by atomic mass is 9.98. The summed E-state index contributed by atoms with van der Waals surface area (Å²) < 4.78 is 0. The molecule has 0 unspecified atom stereocenters. The third-order valence-electron chi connectivity index (χ3n) is 2.66. The molecule has 1 saturated heterocycles. The molecule has 4 nitrogen and oxygen atoms in total. The highest BCUT2D eigenvalue weighted by Crippen LogP contribution is 2.16. The molecule has 82 valence electrons. The van der Waals surface area contributed by atoms with Gasteiger partial charge in [-0.3, -0.25) is 4.79 Å². The van der Waals surface area contributed by atoms with Crippen LogP contribution >= 0.6 is 0 Å². The highest BCUT2D eigenvalue weighted by Gasteiger charge is 2.27. The quantitative estimate of drug-likeness (QED) is 0.609. The van der Waals surface area contributed by atoms with Crippen molar-refractivity contribution in [2.24, 2.45) is 5.92 Å². The van der Waals surface area contributed by atoms with Gasteiger partial charge in [0.15, 0.2) is 0 Å². The van der Waals surface area contributed by atoms with Crippen LogP contribution in [0.4, 0.5) is 0 Å². The van der Waals surface area contributed by atoms with Gasteiger partial charge in [-0.05, 0) is 19.8 Å². The van der Waals surface area contributed by atoms with E-state index in [4.69, 9.17) is 5.11 Å². The van der Waals surface area contributed by atoms with E-state index >= 15 is 0 Å². The topological polar surface area (TPSA) is 52.6 Å². The summed E-state index contributed by atoms with van der Waals surface area (Å²) in [4.78, 5) is 12.6. The number of hydrogen-bond donors (Lipinski definition) is 2. The largest absolute Gasteiger partial charge is 0.481 e.